The summed E-state index contributed by atoms with van der Waals surface area (Å²) in [4.78, 5) is 11.4. The highest BCUT2D eigenvalue weighted by atomic mass is 16.5. The Bertz CT molecular complexity index is 285. The minimum Gasteiger partial charge on any atom is -0.381 e. The second-order valence-corrected chi connectivity index (χ2v) is 3.45. The first-order valence-electron chi connectivity index (χ1n) is 5.61. The van der Waals surface area contributed by atoms with Gasteiger partial charge in [-0.05, 0) is 12.8 Å². The number of rotatable bonds is 8. The predicted molar refractivity (Wildman–Crippen MR) is 59.2 cm³/mol. The standard InChI is InChI=1S/C11H18N2O3/c1-2-3-8-15-9-4-6-12-11(14)10-5-7-13-16-10/h5,7H,2-4,6,8-9H2,1H3,(H,12,14). The van der Waals surface area contributed by atoms with E-state index in [1.54, 1.807) is 0 Å². The highest BCUT2D eigenvalue weighted by Gasteiger charge is 2.07. The van der Waals surface area contributed by atoms with Crippen LogP contribution in [0.2, 0.25) is 0 Å². The van der Waals surface area contributed by atoms with E-state index in [2.05, 4.69) is 17.4 Å². The lowest BCUT2D eigenvalue weighted by Gasteiger charge is -2.04. The van der Waals surface area contributed by atoms with Gasteiger partial charge in [-0.15, -0.1) is 0 Å². The van der Waals surface area contributed by atoms with Crippen LogP contribution < -0.4 is 5.32 Å². The van der Waals surface area contributed by atoms with Gasteiger partial charge in [-0.1, -0.05) is 18.5 Å². The zero-order valence-corrected chi connectivity index (χ0v) is 9.57. The molecule has 0 bridgehead atoms. The third kappa shape index (κ3) is 4.93. The van der Waals surface area contributed by atoms with Crippen LogP contribution in [0.3, 0.4) is 0 Å². The molecule has 16 heavy (non-hydrogen) atoms. The number of nitrogens with one attached hydrogen (secondary N) is 1. The molecule has 0 saturated carbocycles. The summed E-state index contributed by atoms with van der Waals surface area (Å²) in [5.41, 5.74) is 0. The summed E-state index contributed by atoms with van der Waals surface area (Å²) in [6.07, 6.45) is 4.49. The molecule has 0 aromatic carbocycles. The Morgan fingerprint density at radius 1 is 1.50 bits per heavy atom. The van der Waals surface area contributed by atoms with Crippen LogP contribution >= 0.6 is 0 Å². The summed E-state index contributed by atoms with van der Waals surface area (Å²) in [6, 6.07) is 1.53. The molecule has 5 nitrogen and oxygen atoms in total. The predicted octanol–water partition coefficient (Wildman–Crippen LogP) is 1.61. The first-order chi connectivity index (χ1) is 7.84. The van der Waals surface area contributed by atoms with E-state index in [0.29, 0.717) is 13.2 Å². The summed E-state index contributed by atoms with van der Waals surface area (Å²) in [5, 5.41) is 6.18. The van der Waals surface area contributed by atoms with Crippen molar-refractivity contribution in [3.05, 3.63) is 18.0 Å². The molecule has 0 spiro atoms. The Labute approximate surface area is 95.1 Å². The van der Waals surface area contributed by atoms with Crippen LogP contribution in [0.15, 0.2) is 16.8 Å². The van der Waals surface area contributed by atoms with Crippen LogP contribution in [0.4, 0.5) is 0 Å². The van der Waals surface area contributed by atoms with E-state index < -0.39 is 0 Å². The minimum atomic E-state index is -0.231. The van der Waals surface area contributed by atoms with Gasteiger partial charge in [0.2, 0.25) is 5.76 Å². The number of hydrogen-bond donors (Lipinski definition) is 1. The van der Waals surface area contributed by atoms with Crippen LogP contribution in [0.25, 0.3) is 0 Å². The van der Waals surface area contributed by atoms with E-state index in [0.717, 1.165) is 25.9 Å². The molecule has 0 atom stereocenters. The molecule has 1 heterocycles. The Hall–Kier alpha value is -1.36. The summed E-state index contributed by atoms with van der Waals surface area (Å²) in [7, 11) is 0. The van der Waals surface area contributed by atoms with Gasteiger partial charge in [0.05, 0.1) is 6.20 Å². The van der Waals surface area contributed by atoms with Crippen molar-refractivity contribution < 1.29 is 14.1 Å². The summed E-state index contributed by atoms with van der Waals surface area (Å²) in [5.74, 6) is 0.0120. The van der Waals surface area contributed by atoms with Crippen LogP contribution in [-0.4, -0.2) is 30.8 Å². The molecule has 0 unspecified atom stereocenters. The van der Waals surface area contributed by atoms with E-state index in [1.165, 1.54) is 12.3 Å². The van der Waals surface area contributed by atoms with Gasteiger partial charge in [0.1, 0.15) is 0 Å². The van der Waals surface area contributed by atoms with E-state index in [9.17, 15) is 4.79 Å². The van der Waals surface area contributed by atoms with Gasteiger partial charge in [0.15, 0.2) is 0 Å². The molecule has 1 aromatic rings. The van der Waals surface area contributed by atoms with Crippen LogP contribution in [0, 0.1) is 0 Å². The van der Waals surface area contributed by atoms with Crippen molar-refractivity contribution >= 4 is 5.91 Å². The number of unbranched alkanes of at least 4 members (excludes halogenated alkanes) is 1. The highest BCUT2D eigenvalue weighted by molar-refractivity contribution is 5.91. The molecule has 0 fully saturated rings. The lowest BCUT2D eigenvalue weighted by atomic mass is 10.3. The molecule has 1 aromatic heterocycles. The lowest BCUT2D eigenvalue weighted by Crippen LogP contribution is -2.24. The van der Waals surface area contributed by atoms with E-state index in [4.69, 9.17) is 9.26 Å². The summed E-state index contributed by atoms with van der Waals surface area (Å²) in [6.45, 7) is 4.19. The fourth-order valence-corrected chi connectivity index (χ4v) is 1.14. The number of carbonyl (C=O) groups is 1. The fourth-order valence-electron chi connectivity index (χ4n) is 1.14. The topological polar surface area (TPSA) is 64.4 Å². The molecule has 1 amide bonds. The molecule has 90 valence electrons. The average Bonchev–Trinajstić information content (AvgIpc) is 2.81. The first-order valence-corrected chi connectivity index (χ1v) is 5.61. The van der Waals surface area contributed by atoms with Gasteiger partial charge in [0, 0.05) is 25.8 Å². The quantitative estimate of drug-likeness (QED) is 0.684. The Kier molecular flexibility index (Phi) is 6.25. The van der Waals surface area contributed by atoms with Crippen molar-refractivity contribution in [3.63, 3.8) is 0 Å². The second-order valence-electron chi connectivity index (χ2n) is 3.45. The first kappa shape index (κ1) is 12.7. The number of aromatic nitrogens is 1. The van der Waals surface area contributed by atoms with Gasteiger partial charge in [-0.2, -0.15) is 0 Å². The maximum absolute atomic E-state index is 11.4. The number of ether oxygens (including phenoxy) is 1. The molecule has 0 aliphatic heterocycles. The Balaban J connectivity index is 1.97. The number of nitrogens with zero attached hydrogens (tertiary/aromatic N) is 1. The number of hydrogen-bond acceptors (Lipinski definition) is 4. The lowest BCUT2D eigenvalue weighted by molar-refractivity contribution is 0.0904. The fraction of sp³-hybridized carbons (Fsp3) is 0.636. The molecule has 0 aliphatic rings. The summed E-state index contributed by atoms with van der Waals surface area (Å²) < 4.78 is 10.1. The highest BCUT2D eigenvalue weighted by Crippen LogP contribution is 1.95. The van der Waals surface area contributed by atoms with E-state index in [-0.39, 0.29) is 11.7 Å². The smallest absolute Gasteiger partial charge is 0.289 e. The molecule has 1 N–H and O–H groups in total. The monoisotopic (exact) mass is 226 g/mol. The van der Waals surface area contributed by atoms with Gasteiger partial charge >= 0.3 is 0 Å². The molecule has 5 heteroatoms. The minimum absolute atomic E-state index is 0.231. The average molecular weight is 226 g/mol. The molecular formula is C11H18N2O3. The van der Waals surface area contributed by atoms with Crippen molar-refractivity contribution in [2.24, 2.45) is 0 Å². The van der Waals surface area contributed by atoms with Crippen molar-refractivity contribution in [1.29, 1.82) is 0 Å². The van der Waals surface area contributed by atoms with E-state index >= 15 is 0 Å². The van der Waals surface area contributed by atoms with Crippen molar-refractivity contribution in [2.45, 2.75) is 26.2 Å². The molecule has 0 aliphatic carbocycles. The molecular weight excluding hydrogens is 208 g/mol. The van der Waals surface area contributed by atoms with Gasteiger partial charge in [-0.25, -0.2) is 0 Å². The normalized spacial score (nSPS) is 10.3. The number of amides is 1. The zero-order valence-electron chi connectivity index (χ0n) is 9.57. The third-order valence-corrected chi connectivity index (χ3v) is 2.05. The van der Waals surface area contributed by atoms with Gasteiger partial charge in [-0.3, -0.25) is 4.79 Å². The SMILES string of the molecule is CCCCOCCCNC(=O)c1ccno1. The van der Waals surface area contributed by atoms with Gasteiger partial charge in [0.25, 0.3) is 5.91 Å². The Morgan fingerprint density at radius 3 is 3.00 bits per heavy atom. The van der Waals surface area contributed by atoms with Crippen molar-refractivity contribution in [2.75, 3.05) is 19.8 Å². The van der Waals surface area contributed by atoms with Crippen molar-refractivity contribution in [1.82, 2.24) is 10.5 Å². The third-order valence-electron chi connectivity index (χ3n) is 2.05. The number of carbonyl (C=O) groups excluding carboxylic acids is 1. The maximum atomic E-state index is 11.4. The van der Waals surface area contributed by atoms with Gasteiger partial charge < -0.3 is 14.6 Å². The summed E-state index contributed by atoms with van der Waals surface area (Å²) >= 11 is 0. The van der Waals surface area contributed by atoms with Crippen LogP contribution in [-0.2, 0) is 4.74 Å². The van der Waals surface area contributed by atoms with Crippen LogP contribution in [0.1, 0.15) is 36.7 Å². The van der Waals surface area contributed by atoms with E-state index in [1.807, 2.05) is 0 Å². The Morgan fingerprint density at radius 2 is 2.31 bits per heavy atom. The second kappa shape index (κ2) is 7.87. The molecule has 1 rings (SSSR count). The van der Waals surface area contributed by atoms with Crippen molar-refractivity contribution in [3.8, 4) is 0 Å². The largest absolute Gasteiger partial charge is 0.381 e. The van der Waals surface area contributed by atoms with Crippen LogP contribution in [0.5, 0.6) is 0 Å². The molecule has 0 radical (unpaired) electrons. The maximum Gasteiger partial charge on any atom is 0.289 e. The molecule has 0 saturated heterocycles. The zero-order chi connectivity index (χ0) is 11.6.